The zero-order valence-corrected chi connectivity index (χ0v) is 14.1. The first-order valence-corrected chi connectivity index (χ1v) is 4.46. The van der Waals surface area contributed by atoms with Gasteiger partial charge in [-0.2, -0.15) is 0 Å². The maximum atomic E-state index is 10.6. The zero-order chi connectivity index (χ0) is 10.1. The predicted molar refractivity (Wildman–Crippen MR) is 53.3 cm³/mol. The fourth-order valence-electron chi connectivity index (χ4n) is 1.37. The Morgan fingerprint density at radius 2 is 1.93 bits per heavy atom. The van der Waals surface area contributed by atoms with E-state index in [1.807, 2.05) is 6.07 Å². The van der Waals surface area contributed by atoms with E-state index in [9.17, 15) is 9.90 Å². The SMILES string of the molecule is O=C([O-])c1ccc2c(Cl)cccc2c1.[Hg+]. The van der Waals surface area contributed by atoms with Crippen molar-refractivity contribution in [1.82, 2.24) is 0 Å². The number of rotatable bonds is 1. The molecule has 0 heterocycles. The van der Waals surface area contributed by atoms with Crippen molar-refractivity contribution in [3.8, 4) is 0 Å². The van der Waals surface area contributed by atoms with E-state index in [4.69, 9.17) is 11.6 Å². The number of carbonyl (C=O) groups excluding carboxylic acids is 1. The van der Waals surface area contributed by atoms with E-state index in [0.29, 0.717) is 5.02 Å². The van der Waals surface area contributed by atoms with Gasteiger partial charge in [-0.05, 0) is 23.1 Å². The number of hydrogen-bond acceptors (Lipinski definition) is 2. The van der Waals surface area contributed by atoms with E-state index in [-0.39, 0.29) is 33.2 Å². The Morgan fingerprint density at radius 1 is 1.20 bits per heavy atom. The number of carboxylic acids is 1. The van der Waals surface area contributed by atoms with Gasteiger partial charge in [-0.15, -0.1) is 0 Å². The minimum absolute atomic E-state index is 0. The Balaban J connectivity index is 0.00000112. The van der Waals surface area contributed by atoms with Crippen molar-refractivity contribution in [3.05, 3.63) is 47.0 Å². The molecule has 0 aliphatic heterocycles. The number of benzene rings is 2. The third-order valence-electron chi connectivity index (χ3n) is 2.06. The van der Waals surface area contributed by atoms with Crippen molar-refractivity contribution in [3.63, 3.8) is 0 Å². The molecule has 2 aromatic carbocycles. The Bertz CT molecular complexity index is 511. The normalized spacial score (nSPS) is 9.67. The Labute approximate surface area is 112 Å². The molecule has 2 rings (SSSR count). The van der Waals surface area contributed by atoms with Crippen LogP contribution in [0.2, 0.25) is 5.02 Å². The van der Waals surface area contributed by atoms with Gasteiger partial charge in [0.2, 0.25) is 0 Å². The molecule has 1 radical (unpaired) electrons. The number of aromatic carboxylic acids is 1. The number of carbonyl (C=O) groups is 1. The van der Waals surface area contributed by atoms with Gasteiger partial charge in [-0.3, -0.25) is 0 Å². The molecule has 4 heteroatoms. The fraction of sp³-hybridized carbons (Fsp3) is 0. The molecular weight excluding hydrogens is 400 g/mol. The van der Waals surface area contributed by atoms with Crippen molar-refractivity contribution < 1.29 is 37.6 Å². The largest absolute Gasteiger partial charge is 1.00 e. The number of halogens is 1. The molecule has 0 spiro atoms. The third kappa shape index (κ3) is 2.50. The summed E-state index contributed by atoms with van der Waals surface area (Å²) in [5.41, 5.74) is 0.166. The van der Waals surface area contributed by atoms with Crippen LogP contribution in [0.3, 0.4) is 0 Å². The Hall–Kier alpha value is -0.605. The molecule has 0 atom stereocenters. The van der Waals surface area contributed by atoms with Crippen LogP contribution >= 0.6 is 11.6 Å². The zero-order valence-electron chi connectivity index (χ0n) is 7.87. The van der Waals surface area contributed by atoms with Gasteiger partial charge in [-0.25, -0.2) is 0 Å². The first kappa shape index (κ1) is 12.5. The van der Waals surface area contributed by atoms with Crippen LogP contribution in [0.1, 0.15) is 10.4 Å². The van der Waals surface area contributed by atoms with Crippen LogP contribution in [-0.4, -0.2) is 5.97 Å². The minimum atomic E-state index is -1.17. The second kappa shape index (κ2) is 4.95. The standard InChI is InChI=1S/C11H7ClO2.Hg/c12-10-3-1-2-7-6-8(11(13)14)4-5-9(7)10;/h1-6H,(H,13,14);/q;+1/p-1. The summed E-state index contributed by atoms with van der Waals surface area (Å²) in [5.74, 6) is -1.17. The second-order valence-electron chi connectivity index (χ2n) is 2.96. The number of fused-ring (bicyclic) bond motifs is 1. The monoisotopic (exact) mass is 407 g/mol. The van der Waals surface area contributed by atoms with Gasteiger partial charge in [0.1, 0.15) is 0 Å². The topological polar surface area (TPSA) is 40.1 Å². The van der Waals surface area contributed by atoms with Crippen LogP contribution in [-0.2, 0) is 27.7 Å². The van der Waals surface area contributed by atoms with E-state index in [1.165, 1.54) is 6.07 Å². The molecule has 2 nitrogen and oxygen atoms in total. The van der Waals surface area contributed by atoms with Crippen molar-refractivity contribution in [2.45, 2.75) is 0 Å². The number of carboxylic acid groups (broad SMARTS) is 1. The van der Waals surface area contributed by atoms with Crippen LogP contribution in [0.4, 0.5) is 0 Å². The van der Waals surface area contributed by atoms with Crippen LogP contribution in [0, 0.1) is 0 Å². The van der Waals surface area contributed by atoms with Crippen molar-refractivity contribution in [2.24, 2.45) is 0 Å². The molecule has 0 aliphatic rings. The van der Waals surface area contributed by atoms with Crippen LogP contribution in [0.15, 0.2) is 36.4 Å². The van der Waals surface area contributed by atoms with Crippen molar-refractivity contribution >= 4 is 28.3 Å². The summed E-state index contributed by atoms with van der Waals surface area (Å²) in [6.45, 7) is 0. The summed E-state index contributed by atoms with van der Waals surface area (Å²) in [4.78, 5) is 10.6. The molecular formula is C11H6ClHgO2. The molecule has 0 amide bonds. The van der Waals surface area contributed by atoms with Crippen molar-refractivity contribution in [2.75, 3.05) is 0 Å². The molecule has 0 unspecified atom stereocenters. The Kier molecular flexibility index (Phi) is 4.11. The van der Waals surface area contributed by atoms with Crippen LogP contribution in [0.5, 0.6) is 0 Å². The predicted octanol–water partition coefficient (Wildman–Crippen LogP) is 1.85. The first-order chi connectivity index (χ1) is 6.68. The smallest absolute Gasteiger partial charge is 0.545 e. The van der Waals surface area contributed by atoms with E-state index >= 15 is 0 Å². The molecule has 71 valence electrons. The fourth-order valence-corrected chi connectivity index (χ4v) is 1.62. The maximum Gasteiger partial charge on any atom is 1.00 e. The molecule has 0 N–H and O–H groups in total. The molecule has 2 aromatic rings. The summed E-state index contributed by atoms with van der Waals surface area (Å²) in [6, 6.07) is 10.1. The molecule has 0 saturated heterocycles. The average Bonchev–Trinajstić information content (AvgIpc) is 2.17. The van der Waals surface area contributed by atoms with Gasteiger partial charge in [0.05, 0.1) is 5.97 Å². The maximum absolute atomic E-state index is 10.6. The molecule has 0 fully saturated rings. The van der Waals surface area contributed by atoms with Gasteiger partial charge in [0, 0.05) is 10.4 Å². The molecule has 0 saturated carbocycles. The van der Waals surface area contributed by atoms with Crippen LogP contribution < -0.4 is 5.11 Å². The minimum Gasteiger partial charge on any atom is -0.545 e. The quantitative estimate of drug-likeness (QED) is 0.679. The van der Waals surface area contributed by atoms with E-state index in [1.54, 1.807) is 24.3 Å². The van der Waals surface area contributed by atoms with E-state index in [0.717, 1.165) is 10.8 Å². The van der Waals surface area contributed by atoms with Gasteiger partial charge in [0.15, 0.2) is 0 Å². The number of hydrogen-bond donors (Lipinski definition) is 0. The third-order valence-corrected chi connectivity index (χ3v) is 2.39. The average molecular weight is 406 g/mol. The van der Waals surface area contributed by atoms with Crippen LogP contribution in [0.25, 0.3) is 10.8 Å². The van der Waals surface area contributed by atoms with E-state index in [2.05, 4.69) is 0 Å². The van der Waals surface area contributed by atoms with Gasteiger partial charge in [0.25, 0.3) is 0 Å². The molecule has 0 bridgehead atoms. The summed E-state index contributed by atoms with van der Waals surface area (Å²) in [6.07, 6.45) is 0. The first-order valence-electron chi connectivity index (χ1n) is 4.08. The summed E-state index contributed by atoms with van der Waals surface area (Å²) in [5, 5.41) is 12.9. The summed E-state index contributed by atoms with van der Waals surface area (Å²) < 4.78 is 0. The summed E-state index contributed by atoms with van der Waals surface area (Å²) >= 11 is 5.93. The second-order valence-corrected chi connectivity index (χ2v) is 3.37. The molecule has 0 aliphatic carbocycles. The molecule has 0 aromatic heterocycles. The molecule has 15 heavy (non-hydrogen) atoms. The van der Waals surface area contributed by atoms with Crippen molar-refractivity contribution in [1.29, 1.82) is 0 Å². The Morgan fingerprint density at radius 3 is 2.60 bits per heavy atom. The van der Waals surface area contributed by atoms with Gasteiger partial charge in [-0.1, -0.05) is 35.9 Å². The summed E-state index contributed by atoms with van der Waals surface area (Å²) in [7, 11) is 0. The van der Waals surface area contributed by atoms with E-state index < -0.39 is 5.97 Å². The van der Waals surface area contributed by atoms with Gasteiger partial charge < -0.3 is 9.90 Å². The van der Waals surface area contributed by atoms with Gasteiger partial charge >= 0.3 is 27.7 Å².